The molecule has 0 radical (unpaired) electrons. The molecule has 3 aromatic rings. The van der Waals surface area contributed by atoms with Gasteiger partial charge in [0.25, 0.3) is 0 Å². The lowest BCUT2D eigenvalue weighted by Gasteiger charge is -2.27. The van der Waals surface area contributed by atoms with Crippen LogP contribution in [0.2, 0.25) is 10.0 Å². The Morgan fingerprint density at radius 3 is 2.61 bits per heavy atom. The number of benzene rings is 1. The van der Waals surface area contributed by atoms with Crippen LogP contribution in [-0.2, 0) is 0 Å². The van der Waals surface area contributed by atoms with Crippen LogP contribution in [0.25, 0.3) is 16.8 Å². The second kappa shape index (κ2) is 9.43. The molecular formula is C22H27Cl2N3S. The van der Waals surface area contributed by atoms with Crippen LogP contribution in [-0.4, -0.2) is 28.7 Å². The molecule has 0 unspecified atom stereocenters. The molecule has 28 heavy (non-hydrogen) atoms. The fourth-order valence-electron chi connectivity index (χ4n) is 3.45. The van der Waals surface area contributed by atoms with Crippen molar-refractivity contribution in [3.63, 3.8) is 0 Å². The summed E-state index contributed by atoms with van der Waals surface area (Å²) in [6.07, 6.45) is 6.53. The lowest BCUT2D eigenvalue weighted by molar-refractivity contribution is 0.587. The van der Waals surface area contributed by atoms with Crippen LogP contribution in [0.5, 0.6) is 0 Å². The molecule has 0 aliphatic rings. The fourth-order valence-corrected chi connectivity index (χ4v) is 4.55. The van der Waals surface area contributed by atoms with Crippen LogP contribution >= 0.6 is 35.0 Å². The highest BCUT2D eigenvalue weighted by atomic mass is 35.5. The monoisotopic (exact) mass is 435 g/mol. The largest absolute Gasteiger partial charge is 0.355 e. The van der Waals surface area contributed by atoms with Crippen molar-refractivity contribution in [3.05, 3.63) is 46.6 Å². The van der Waals surface area contributed by atoms with E-state index in [1.54, 1.807) is 17.8 Å². The van der Waals surface area contributed by atoms with Gasteiger partial charge in [0.15, 0.2) is 0 Å². The maximum Gasteiger partial charge on any atom is 0.147 e. The summed E-state index contributed by atoms with van der Waals surface area (Å²) in [4.78, 5) is 7.48. The van der Waals surface area contributed by atoms with E-state index >= 15 is 0 Å². The molecule has 150 valence electrons. The number of halogens is 2. The third-order valence-electron chi connectivity index (χ3n) is 4.68. The molecule has 0 fully saturated rings. The first-order valence-electron chi connectivity index (χ1n) is 9.71. The number of imidazole rings is 1. The standard InChI is InChI=1S/C22H27Cl2N3S/c1-5-6-11-26(14-15(2)3)22-21(28-4)25-20-18(8-7-12-27(20)22)17-10-9-16(23)13-19(17)24/h7-10,12-13,15H,5-6,11,14H2,1-4H3. The predicted octanol–water partition coefficient (Wildman–Crippen LogP) is 7.29. The highest BCUT2D eigenvalue weighted by Gasteiger charge is 2.21. The molecule has 0 saturated heterocycles. The lowest BCUT2D eigenvalue weighted by Crippen LogP contribution is -2.30. The van der Waals surface area contributed by atoms with Crippen molar-refractivity contribution >= 4 is 46.4 Å². The fraction of sp³-hybridized carbons (Fsp3) is 0.409. The number of pyridine rings is 1. The summed E-state index contributed by atoms with van der Waals surface area (Å²) in [5, 5.41) is 2.33. The van der Waals surface area contributed by atoms with Crippen molar-refractivity contribution in [2.24, 2.45) is 5.92 Å². The Bertz CT molecular complexity index is 952. The molecule has 0 aliphatic heterocycles. The van der Waals surface area contributed by atoms with Crippen molar-refractivity contribution in [3.8, 4) is 11.1 Å². The van der Waals surface area contributed by atoms with Crippen LogP contribution in [0.4, 0.5) is 5.82 Å². The number of unbranched alkanes of at least 4 members (excludes halogenated alkanes) is 1. The Kier molecular flexibility index (Phi) is 7.19. The van der Waals surface area contributed by atoms with Gasteiger partial charge >= 0.3 is 0 Å². The molecule has 0 spiro atoms. The second-order valence-electron chi connectivity index (χ2n) is 7.38. The number of hydrogen-bond acceptors (Lipinski definition) is 3. The molecule has 2 heterocycles. The van der Waals surface area contributed by atoms with Gasteiger partial charge in [-0.05, 0) is 42.9 Å². The molecule has 0 bridgehead atoms. The Hall–Kier alpha value is -1.36. The summed E-state index contributed by atoms with van der Waals surface area (Å²) < 4.78 is 2.21. The summed E-state index contributed by atoms with van der Waals surface area (Å²) in [5.74, 6) is 1.75. The Labute approximate surface area is 182 Å². The van der Waals surface area contributed by atoms with Crippen molar-refractivity contribution in [2.45, 2.75) is 38.6 Å². The van der Waals surface area contributed by atoms with E-state index < -0.39 is 0 Å². The predicted molar refractivity (Wildman–Crippen MR) is 124 cm³/mol. The Morgan fingerprint density at radius 1 is 1.18 bits per heavy atom. The summed E-state index contributed by atoms with van der Waals surface area (Å²) in [6.45, 7) is 8.80. The van der Waals surface area contributed by atoms with Gasteiger partial charge < -0.3 is 4.90 Å². The highest BCUT2D eigenvalue weighted by molar-refractivity contribution is 7.98. The summed E-state index contributed by atoms with van der Waals surface area (Å²) in [7, 11) is 0. The van der Waals surface area contributed by atoms with E-state index in [1.165, 1.54) is 12.2 Å². The number of thioether (sulfide) groups is 1. The summed E-state index contributed by atoms with van der Waals surface area (Å²) in [6, 6.07) is 9.77. The molecule has 3 nitrogen and oxygen atoms in total. The maximum absolute atomic E-state index is 6.51. The van der Waals surface area contributed by atoms with Crippen molar-refractivity contribution in [2.75, 3.05) is 24.2 Å². The average Bonchev–Trinajstić information content (AvgIpc) is 3.04. The van der Waals surface area contributed by atoms with E-state index in [0.29, 0.717) is 16.0 Å². The van der Waals surface area contributed by atoms with Gasteiger partial charge in [-0.2, -0.15) is 0 Å². The highest BCUT2D eigenvalue weighted by Crippen LogP contribution is 2.37. The SMILES string of the molecule is CCCCN(CC(C)C)c1c(SC)nc2c(-c3ccc(Cl)cc3Cl)cccn12. The average molecular weight is 436 g/mol. The van der Waals surface area contributed by atoms with Crippen LogP contribution in [0.15, 0.2) is 41.6 Å². The molecule has 0 aliphatic carbocycles. The van der Waals surface area contributed by atoms with Crippen LogP contribution < -0.4 is 4.90 Å². The lowest BCUT2D eigenvalue weighted by atomic mass is 10.1. The van der Waals surface area contributed by atoms with Gasteiger partial charge in [-0.15, -0.1) is 11.8 Å². The zero-order valence-electron chi connectivity index (χ0n) is 16.9. The number of nitrogens with zero attached hydrogens (tertiary/aromatic N) is 3. The number of fused-ring (bicyclic) bond motifs is 1. The zero-order valence-corrected chi connectivity index (χ0v) is 19.2. The van der Waals surface area contributed by atoms with Crippen LogP contribution in [0, 0.1) is 5.92 Å². The number of anilines is 1. The van der Waals surface area contributed by atoms with Gasteiger partial charge in [0.2, 0.25) is 0 Å². The quantitative estimate of drug-likeness (QED) is 0.346. The maximum atomic E-state index is 6.51. The Balaban J connectivity index is 2.19. The van der Waals surface area contributed by atoms with Crippen molar-refractivity contribution < 1.29 is 0 Å². The van der Waals surface area contributed by atoms with Crippen LogP contribution in [0.1, 0.15) is 33.6 Å². The molecule has 0 N–H and O–H groups in total. The normalized spacial score (nSPS) is 11.5. The van der Waals surface area contributed by atoms with E-state index in [0.717, 1.165) is 41.3 Å². The first-order valence-corrected chi connectivity index (χ1v) is 11.7. The smallest absolute Gasteiger partial charge is 0.147 e. The third-order valence-corrected chi connectivity index (χ3v) is 5.88. The summed E-state index contributed by atoms with van der Waals surface area (Å²) in [5.41, 5.74) is 2.90. The molecule has 1 aromatic carbocycles. The third kappa shape index (κ3) is 4.45. The number of rotatable bonds is 8. The molecule has 0 saturated carbocycles. The zero-order chi connectivity index (χ0) is 20.3. The van der Waals surface area contributed by atoms with E-state index in [2.05, 4.69) is 54.7 Å². The van der Waals surface area contributed by atoms with E-state index in [-0.39, 0.29) is 0 Å². The Morgan fingerprint density at radius 2 is 1.96 bits per heavy atom. The minimum Gasteiger partial charge on any atom is -0.355 e. The van der Waals surface area contributed by atoms with Gasteiger partial charge in [-0.25, -0.2) is 4.98 Å². The van der Waals surface area contributed by atoms with Gasteiger partial charge in [-0.1, -0.05) is 56.5 Å². The van der Waals surface area contributed by atoms with Crippen LogP contribution in [0.3, 0.4) is 0 Å². The first-order chi connectivity index (χ1) is 13.5. The van der Waals surface area contributed by atoms with Gasteiger partial charge in [0.1, 0.15) is 16.5 Å². The number of aromatic nitrogens is 2. The number of hydrogen-bond donors (Lipinski definition) is 0. The van der Waals surface area contributed by atoms with Crippen molar-refractivity contribution in [1.82, 2.24) is 9.38 Å². The first kappa shape index (κ1) is 21.4. The second-order valence-corrected chi connectivity index (χ2v) is 9.02. The van der Waals surface area contributed by atoms with Gasteiger partial charge in [0.05, 0.1) is 5.02 Å². The molecule has 2 aromatic heterocycles. The molecule has 0 amide bonds. The molecule has 0 atom stereocenters. The summed E-state index contributed by atoms with van der Waals surface area (Å²) >= 11 is 14.3. The van der Waals surface area contributed by atoms with Crippen molar-refractivity contribution in [1.29, 1.82) is 0 Å². The topological polar surface area (TPSA) is 20.5 Å². The van der Waals surface area contributed by atoms with E-state index in [1.807, 2.05) is 12.1 Å². The van der Waals surface area contributed by atoms with E-state index in [4.69, 9.17) is 28.2 Å². The molecule has 3 rings (SSSR count). The minimum atomic E-state index is 0.575. The van der Waals surface area contributed by atoms with Gasteiger partial charge in [0, 0.05) is 35.4 Å². The molecular weight excluding hydrogens is 409 g/mol. The van der Waals surface area contributed by atoms with Gasteiger partial charge in [-0.3, -0.25) is 4.40 Å². The van der Waals surface area contributed by atoms with E-state index in [9.17, 15) is 0 Å². The minimum absolute atomic E-state index is 0.575. The molecule has 6 heteroatoms.